The fraction of sp³-hybridized carbons (Fsp3) is 0.429. The maximum absolute atomic E-state index is 6.03. The molecule has 2 aromatic rings. The van der Waals surface area contributed by atoms with Crippen molar-refractivity contribution < 1.29 is 4.74 Å². The third-order valence-electron chi connectivity index (χ3n) is 3.60. The summed E-state index contributed by atoms with van der Waals surface area (Å²) < 4.78 is 7.53. The van der Waals surface area contributed by atoms with Crippen molar-refractivity contribution in [3.63, 3.8) is 0 Å². The van der Waals surface area contributed by atoms with E-state index in [9.17, 15) is 0 Å². The normalized spacial score (nSPS) is 18.1. The molecule has 0 radical (unpaired) electrons. The highest BCUT2D eigenvalue weighted by Gasteiger charge is 2.20. The van der Waals surface area contributed by atoms with Crippen LogP contribution >= 0.6 is 0 Å². The van der Waals surface area contributed by atoms with Crippen LogP contribution in [0, 0.1) is 0 Å². The molecule has 1 unspecified atom stereocenters. The molecule has 0 fully saturated rings. The van der Waals surface area contributed by atoms with E-state index in [1.54, 1.807) is 7.11 Å². The minimum absolute atomic E-state index is 0.208. The first-order chi connectivity index (χ1) is 9.28. The predicted molar refractivity (Wildman–Crippen MR) is 72.1 cm³/mol. The molecule has 1 atom stereocenters. The number of aromatic nitrogens is 3. The summed E-state index contributed by atoms with van der Waals surface area (Å²) in [6, 6.07) is 8.21. The molecule has 0 amide bonds. The average Bonchev–Trinajstić information content (AvgIpc) is 2.82. The van der Waals surface area contributed by atoms with Gasteiger partial charge in [0.2, 0.25) is 0 Å². The molecule has 2 heterocycles. The summed E-state index contributed by atoms with van der Waals surface area (Å²) in [4.78, 5) is 0. The van der Waals surface area contributed by atoms with E-state index in [1.807, 2.05) is 18.2 Å². The lowest BCUT2D eigenvalue weighted by atomic mass is 10.1. The van der Waals surface area contributed by atoms with Gasteiger partial charge in [0.1, 0.15) is 17.4 Å². The van der Waals surface area contributed by atoms with Crippen molar-refractivity contribution in [3.8, 4) is 5.75 Å². The van der Waals surface area contributed by atoms with Crippen molar-refractivity contribution in [1.29, 1.82) is 0 Å². The minimum atomic E-state index is 0.208. The smallest absolute Gasteiger partial charge is 0.137 e. The number of nitrogens with zero attached hydrogens (tertiary/aromatic N) is 3. The number of rotatable bonds is 3. The standard InChI is InChI=1S/C14H18N4O/c1-19-12-5-3-2-4-10(12)8-14-17-16-13-7-6-11(15)9-18(13)14/h2-5,11H,6-9,15H2,1H3. The number of fused-ring (bicyclic) bond motifs is 1. The Bertz CT molecular complexity index is 579. The van der Waals surface area contributed by atoms with Gasteiger partial charge in [-0.1, -0.05) is 18.2 Å². The number of benzene rings is 1. The van der Waals surface area contributed by atoms with Crippen LogP contribution in [0.4, 0.5) is 0 Å². The molecule has 1 aromatic carbocycles. The first-order valence-corrected chi connectivity index (χ1v) is 6.56. The SMILES string of the molecule is COc1ccccc1Cc1nnc2n1CC(N)CC2. The van der Waals surface area contributed by atoms with Crippen LogP contribution in [0.3, 0.4) is 0 Å². The molecule has 0 saturated carbocycles. The number of aryl methyl sites for hydroxylation is 1. The van der Waals surface area contributed by atoms with E-state index < -0.39 is 0 Å². The van der Waals surface area contributed by atoms with E-state index in [-0.39, 0.29) is 6.04 Å². The van der Waals surface area contributed by atoms with Crippen molar-refractivity contribution in [1.82, 2.24) is 14.8 Å². The number of methoxy groups -OCH3 is 1. The molecule has 1 aliphatic rings. The van der Waals surface area contributed by atoms with E-state index in [4.69, 9.17) is 10.5 Å². The molecule has 0 aliphatic carbocycles. The lowest BCUT2D eigenvalue weighted by Gasteiger charge is -2.21. The van der Waals surface area contributed by atoms with Gasteiger partial charge in [0.15, 0.2) is 0 Å². The Labute approximate surface area is 112 Å². The number of para-hydroxylation sites is 1. The lowest BCUT2D eigenvalue weighted by Crippen LogP contribution is -2.32. The van der Waals surface area contributed by atoms with Gasteiger partial charge in [0, 0.05) is 31.0 Å². The largest absolute Gasteiger partial charge is 0.496 e. The third kappa shape index (κ3) is 2.33. The molecule has 1 aromatic heterocycles. The maximum atomic E-state index is 6.03. The zero-order chi connectivity index (χ0) is 13.2. The average molecular weight is 258 g/mol. The van der Waals surface area contributed by atoms with E-state index in [1.165, 1.54) is 0 Å². The summed E-state index contributed by atoms with van der Waals surface area (Å²) in [6.07, 6.45) is 2.64. The van der Waals surface area contributed by atoms with E-state index in [2.05, 4.69) is 20.8 Å². The lowest BCUT2D eigenvalue weighted by molar-refractivity contribution is 0.409. The molecule has 1 aliphatic heterocycles. The quantitative estimate of drug-likeness (QED) is 0.897. The first-order valence-electron chi connectivity index (χ1n) is 6.56. The van der Waals surface area contributed by atoms with Gasteiger partial charge in [-0.2, -0.15) is 0 Å². The van der Waals surface area contributed by atoms with Crippen LogP contribution in [0.5, 0.6) is 5.75 Å². The Morgan fingerprint density at radius 3 is 3.05 bits per heavy atom. The van der Waals surface area contributed by atoms with Crippen LogP contribution in [0.2, 0.25) is 0 Å². The van der Waals surface area contributed by atoms with Crippen molar-refractivity contribution in [2.75, 3.05) is 7.11 Å². The fourth-order valence-electron chi connectivity index (χ4n) is 2.56. The highest BCUT2D eigenvalue weighted by Crippen LogP contribution is 2.22. The summed E-state index contributed by atoms with van der Waals surface area (Å²) in [6.45, 7) is 0.812. The molecule has 19 heavy (non-hydrogen) atoms. The Balaban J connectivity index is 1.90. The van der Waals surface area contributed by atoms with Gasteiger partial charge >= 0.3 is 0 Å². The Morgan fingerprint density at radius 1 is 1.37 bits per heavy atom. The number of nitrogens with two attached hydrogens (primary N) is 1. The van der Waals surface area contributed by atoms with Crippen LogP contribution in [0.25, 0.3) is 0 Å². The van der Waals surface area contributed by atoms with Crippen LogP contribution in [-0.4, -0.2) is 27.9 Å². The van der Waals surface area contributed by atoms with Crippen LogP contribution in [0.15, 0.2) is 24.3 Å². The summed E-state index contributed by atoms with van der Waals surface area (Å²) in [5, 5.41) is 8.56. The van der Waals surface area contributed by atoms with E-state index in [0.717, 1.165) is 48.8 Å². The van der Waals surface area contributed by atoms with Gasteiger partial charge in [-0.05, 0) is 12.5 Å². The second-order valence-electron chi connectivity index (χ2n) is 4.93. The molecule has 0 bridgehead atoms. The molecule has 0 spiro atoms. The minimum Gasteiger partial charge on any atom is -0.496 e. The Morgan fingerprint density at radius 2 is 2.21 bits per heavy atom. The maximum Gasteiger partial charge on any atom is 0.137 e. The zero-order valence-corrected chi connectivity index (χ0v) is 11.0. The van der Waals surface area contributed by atoms with Gasteiger partial charge in [-0.3, -0.25) is 0 Å². The van der Waals surface area contributed by atoms with Gasteiger partial charge < -0.3 is 15.0 Å². The number of ether oxygens (including phenoxy) is 1. The zero-order valence-electron chi connectivity index (χ0n) is 11.0. The summed E-state index contributed by atoms with van der Waals surface area (Å²) in [5.74, 6) is 2.90. The van der Waals surface area contributed by atoms with Crippen LogP contribution in [-0.2, 0) is 19.4 Å². The summed E-state index contributed by atoms with van der Waals surface area (Å²) in [5.41, 5.74) is 7.15. The van der Waals surface area contributed by atoms with Crippen molar-refractivity contribution in [2.45, 2.75) is 31.8 Å². The number of hydrogen-bond donors (Lipinski definition) is 1. The third-order valence-corrected chi connectivity index (χ3v) is 3.60. The highest BCUT2D eigenvalue weighted by atomic mass is 16.5. The Kier molecular flexibility index (Phi) is 3.21. The van der Waals surface area contributed by atoms with E-state index in [0.29, 0.717) is 0 Å². The van der Waals surface area contributed by atoms with Gasteiger partial charge in [-0.15, -0.1) is 10.2 Å². The summed E-state index contributed by atoms with van der Waals surface area (Å²) in [7, 11) is 1.69. The molecule has 5 heteroatoms. The molecule has 2 N–H and O–H groups in total. The molecule has 0 saturated heterocycles. The number of hydrogen-bond acceptors (Lipinski definition) is 4. The summed E-state index contributed by atoms with van der Waals surface area (Å²) >= 11 is 0. The van der Waals surface area contributed by atoms with Crippen LogP contribution in [0.1, 0.15) is 23.6 Å². The van der Waals surface area contributed by atoms with Crippen molar-refractivity contribution in [2.24, 2.45) is 5.73 Å². The first kappa shape index (κ1) is 12.2. The molecule has 5 nitrogen and oxygen atoms in total. The molecular weight excluding hydrogens is 240 g/mol. The Hall–Kier alpha value is -1.88. The highest BCUT2D eigenvalue weighted by molar-refractivity contribution is 5.35. The van der Waals surface area contributed by atoms with Gasteiger partial charge in [0.25, 0.3) is 0 Å². The second kappa shape index (κ2) is 5.01. The van der Waals surface area contributed by atoms with Gasteiger partial charge in [0.05, 0.1) is 7.11 Å². The van der Waals surface area contributed by atoms with Crippen LogP contribution < -0.4 is 10.5 Å². The molecular formula is C14H18N4O. The van der Waals surface area contributed by atoms with Gasteiger partial charge in [-0.25, -0.2) is 0 Å². The molecule has 100 valence electrons. The van der Waals surface area contributed by atoms with Crippen molar-refractivity contribution in [3.05, 3.63) is 41.5 Å². The van der Waals surface area contributed by atoms with Crippen molar-refractivity contribution >= 4 is 0 Å². The second-order valence-corrected chi connectivity index (χ2v) is 4.93. The molecule has 3 rings (SSSR count). The fourth-order valence-corrected chi connectivity index (χ4v) is 2.56. The topological polar surface area (TPSA) is 66.0 Å². The monoisotopic (exact) mass is 258 g/mol. The predicted octanol–water partition coefficient (Wildman–Crippen LogP) is 1.15. The van der Waals surface area contributed by atoms with E-state index >= 15 is 0 Å².